The molecule has 0 aromatic heterocycles. The predicted octanol–water partition coefficient (Wildman–Crippen LogP) is 3.35. The number of fused-ring (bicyclic) bond motifs is 1. The molecule has 139 valence electrons. The summed E-state index contributed by atoms with van der Waals surface area (Å²) in [5.41, 5.74) is 2.74. The minimum atomic E-state index is -4.15. The third-order valence-corrected chi connectivity index (χ3v) is 6.83. The SMILES string of the molecule is Cc1cc(O)ccc1C1(c2ccc(O)cc2C)c2ccccc2OS1(=O)=O.[Na]. The van der Waals surface area contributed by atoms with Gasteiger partial charge in [0.25, 0.3) is 0 Å². The Bertz CT molecular complexity index is 1120. The average molecular weight is 405 g/mol. The zero-order valence-electron chi connectivity index (χ0n) is 15.8. The van der Waals surface area contributed by atoms with Gasteiger partial charge < -0.3 is 14.4 Å². The first-order chi connectivity index (χ1) is 12.8. The maximum Gasteiger partial charge on any atom is 0.328 e. The van der Waals surface area contributed by atoms with Crippen LogP contribution in [0.25, 0.3) is 0 Å². The molecule has 5 nitrogen and oxygen atoms in total. The second-order valence-corrected chi connectivity index (χ2v) is 8.40. The standard InChI is InChI=1S/C21H18O5S.Na/c1-13-11-15(22)7-9-17(13)21(18-10-8-16(23)12-14(18)2)19-5-3-4-6-20(19)26-27(21,24)25;/h3-12,22-23H,1-2H3;. The van der Waals surface area contributed by atoms with E-state index < -0.39 is 14.9 Å². The number of rotatable bonds is 2. The van der Waals surface area contributed by atoms with Crippen LogP contribution in [0.4, 0.5) is 0 Å². The number of hydrogen-bond donors (Lipinski definition) is 2. The van der Waals surface area contributed by atoms with Gasteiger partial charge in [0, 0.05) is 35.1 Å². The van der Waals surface area contributed by atoms with Crippen LogP contribution in [-0.2, 0) is 14.9 Å². The fraction of sp³-hybridized carbons (Fsp3) is 0.143. The molecular formula is C21H18NaO5S. The summed E-state index contributed by atoms with van der Waals surface area (Å²) in [5.74, 6) is 0.384. The van der Waals surface area contributed by atoms with E-state index in [9.17, 15) is 18.6 Å². The molecule has 0 spiro atoms. The normalized spacial score (nSPS) is 15.9. The zero-order chi connectivity index (χ0) is 19.4. The number of para-hydroxylation sites is 1. The Balaban J connectivity index is 0.00000225. The van der Waals surface area contributed by atoms with E-state index in [0.29, 0.717) is 27.8 Å². The Morgan fingerprint density at radius 3 is 1.79 bits per heavy atom. The van der Waals surface area contributed by atoms with E-state index in [-0.39, 0.29) is 46.8 Å². The summed E-state index contributed by atoms with van der Waals surface area (Å²) < 4.78 is 30.8. The molecule has 28 heavy (non-hydrogen) atoms. The van der Waals surface area contributed by atoms with Crippen LogP contribution in [0.1, 0.15) is 27.8 Å². The molecule has 0 fully saturated rings. The van der Waals surface area contributed by atoms with Gasteiger partial charge >= 0.3 is 10.1 Å². The second-order valence-electron chi connectivity index (χ2n) is 6.71. The van der Waals surface area contributed by atoms with E-state index in [1.807, 2.05) is 0 Å². The van der Waals surface area contributed by atoms with Crippen LogP contribution in [-0.4, -0.2) is 48.2 Å². The summed E-state index contributed by atoms with van der Waals surface area (Å²) in [4.78, 5) is 0. The predicted molar refractivity (Wildman–Crippen MR) is 107 cm³/mol. The minimum Gasteiger partial charge on any atom is -0.508 e. The monoisotopic (exact) mass is 405 g/mol. The molecule has 1 radical (unpaired) electrons. The maximum absolute atomic E-state index is 13.5. The van der Waals surface area contributed by atoms with Gasteiger partial charge in [-0.1, -0.05) is 30.3 Å². The van der Waals surface area contributed by atoms with Crippen molar-refractivity contribution < 1.29 is 22.8 Å². The van der Waals surface area contributed by atoms with Gasteiger partial charge in [-0.2, -0.15) is 8.42 Å². The molecule has 0 amide bonds. The Labute approximate surface area is 186 Å². The van der Waals surface area contributed by atoms with Crippen LogP contribution in [0, 0.1) is 13.8 Å². The quantitative estimate of drug-likeness (QED) is 0.505. The van der Waals surface area contributed by atoms with Crippen molar-refractivity contribution in [3.8, 4) is 17.2 Å². The average Bonchev–Trinajstić information content (AvgIpc) is 2.82. The number of hydrogen-bond acceptors (Lipinski definition) is 5. The van der Waals surface area contributed by atoms with Crippen molar-refractivity contribution in [1.29, 1.82) is 0 Å². The van der Waals surface area contributed by atoms with Gasteiger partial charge in [0.2, 0.25) is 0 Å². The summed E-state index contributed by atoms with van der Waals surface area (Å²) in [6, 6.07) is 16.1. The van der Waals surface area contributed by atoms with Gasteiger partial charge in [0.1, 0.15) is 17.2 Å². The fourth-order valence-electron chi connectivity index (χ4n) is 3.94. The van der Waals surface area contributed by atoms with Gasteiger partial charge in [-0.3, -0.25) is 0 Å². The van der Waals surface area contributed by atoms with E-state index >= 15 is 0 Å². The third-order valence-electron chi connectivity index (χ3n) is 5.02. The number of aromatic hydroxyl groups is 2. The van der Waals surface area contributed by atoms with Crippen LogP contribution in [0.3, 0.4) is 0 Å². The van der Waals surface area contributed by atoms with Crippen LogP contribution >= 0.6 is 0 Å². The molecule has 0 unspecified atom stereocenters. The molecule has 1 aliphatic heterocycles. The van der Waals surface area contributed by atoms with Crippen molar-refractivity contribution in [2.45, 2.75) is 18.6 Å². The van der Waals surface area contributed by atoms with Gasteiger partial charge in [0.15, 0.2) is 4.75 Å². The Kier molecular flexibility index (Phi) is 5.27. The number of phenols is 2. The largest absolute Gasteiger partial charge is 0.508 e. The summed E-state index contributed by atoms with van der Waals surface area (Å²) >= 11 is 0. The first-order valence-corrected chi connectivity index (χ1v) is 9.82. The van der Waals surface area contributed by atoms with Crippen LogP contribution in [0.15, 0.2) is 60.7 Å². The van der Waals surface area contributed by atoms with Gasteiger partial charge in [-0.25, -0.2) is 0 Å². The molecule has 1 aliphatic rings. The van der Waals surface area contributed by atoms with Crippen molar-refractivity contribution in [2.75, 3.05) is 0 Å². The van der Waals surface area contributed by atoms with Crippen molar-refractivity contribution >= 4 is 39.7 Å². The van der Waals surface area contributed by atoms with Crippen LogP contribution < -0.4 is 4.18 Å². The summed E-state index contributed by atoms with van der Waals surface area (Å²) in [6.07, 6.45) is 0. The van der Waals surface area contributed by atoms with Gasteiger partial charge in [-0.05, 0) is 66.4 Å². The van der Waals surface area contributed by atoms with Crippen LogP contribution in [0.2, 0.25) is 0 Å². The van der Waals surface area contributed by atoms with Crippen molar-refractivity contribution in [1.82, 2.24) is 0 Å². The zero-order valence-corrected chi connectivity index (χ0v) is 18.6. The molecule has 7 heteroatoms. The van der Waals surface area contributed by atoms with Crippen LogP contribution in [0.5, 0.6) is 17.2 Å². The van der Waals surface area contributed by atoms with E-state index in [0.717, 1.165) is 0 Å². The summed E-state index contributed by atoms with van der Waals surface area (Å²) in [5, 5.41) is 19.7. The first-order valence-electron chi connectivity index (χ1n) is 8.41. The molecule has 1 heterocycles. The van der Waals surface area contributed by atoms with E-state index in [2.05, 4.69) is 0 Å². The number of benzene rings is 3. The molecular weight excluding hydrogens is 387 g/mol. The van der Waals surface area contributed by atoms with Gasteiger partial charge in [-0.15, -0.1) is 0 Å². The van der Waals surface area contributed by atoms with E-state index in [1.54, 1.807) is 50.2 Å². The topological polar surface area (TPSA) is 83.8 Å². The molecule has 3 aromatic carbocycles. The summed E-state index contributed by atoms with van der Waals surface area (Å²) in [7, 11) is -4.15. The minimum absolute atomic E-state index is 0. The number of aryl methyl sites for hydroxylation is 2. The molecule has 2 N–H and O–H groups in total. The molecule has 0 atom stereocenters. The van der Waals surface area contributed by atoms with E-state index in [4.69, 9.17) is 4.18 Å². The van der Waals surface area contributed by atoms with Crippen molar-refractivity contribution in [2.24, 2.45) is 0 Å². The van der Waals surface area contributed by atoms with Gasteiger partial charge in [0.05, 0.1) is 0 Å². The molecule has 0 bridgehead atoms. The summed E-state index contributed by atoms with van der Waals surface area (Å²) in [6.45, 7) is 3.51. The fourth-order valence-corrected chi connectivity index (χ4v) is 5.88. The Morgan fingerprint density at radius 2 is 1.29 bits per heavy atom. The molecule has 3 aromatic rings. The Morgan fingerprint density at radius 1 is 0.786 bits per heavy atom. The van der Waals surface area contributed by atoms with Crippen molar-refractivity contribution in [3.63, 3.8) is 0 Å². The molecule has 0 aliphatic carbocycles. The van der Waals surface area contributed by atoms with Crippen molar-refractivity contribution in [3.05, 3.63) is 88.5 Å². The maximum atomic E-state index is 13.5. The number of phenolic OH excluding ortho intramolecular Hbond substituents is 2. The smallest absolute Gasteiger partial charge is 0.328 e. The Hall–Kier alpha value is -1.99. The molecule has 0 saturated heterocycles. The van der Waals surface area contributed by atoms with E-state index in [1.165, 1.54) is 24.3 Å². The third kappa shape index (κ3) is 2.83. The second kappa shape index (κ2) is 7.12. The first kappa shape index (κ1) is 20.7. The molecule has 4 rings (SSSR count). The molecule has 0 saturated carbocycles.